The molecule has 1 fully saturated rings. The van der Waals surface area contributed by atoms with Crippen molar-refractivity contribution >= 4 is 29.6 Å². The summed E-state index contributed by atoms with van der Waals surface area (Å²) in [5, 5.41) is 10.5. The number of piperidine rings is 1. The number of methoxy groups -OCH3 is 1. The first-order chi connectivity index (χ1) is 16.5. The zero-order valence-corrected chi connectivity index (χ0v) is 19.9. The van der Waals surface area contributed by atoms with E-state index in [2.05, 4.69) is 44.1 Å². The zero-order chi connectivity index (χ0) is 23.7. The van der Waals surface area contributed by atoms with E-state index in [1.807, 2.05) is 12.2 Å². The van der Waals surface area contributed by atoms with Gasteiger partial charge >= 0.3 is 0 Å². The summed E-state index contributed by atoms with van der Waals surface area (Å²) >= 11 is 6.32. The molecule has 1 saturated heterocycles. The fourth-order valence-electron chi connectivity index (χ4n) is 5.24. The Bertz CT molecular complexity index is 1220. The Morgan fingerprint density at radius 2 is 2.00 bits per heavy atom. The van der Waals surface area contributed by atoms with Gasteiger partial charge in [-0.3, -0.25) is 0 Å². The molecule has 0 unspecified atom stereocenters. The molecule has 176 valence electrons. The first-order valence-electron chi connectivity index (χ1n) is 11.5. The monoisotopic (exact) mass is 477 g/mol. The predicted octanol–water partition coefficient (Wildman–Crippen LogP) is 4.04. The van der Waals surface area contributed by atoms with E-state index in [-0.39, 0.29) is 18.1 Å². The van der Waals surface area contributed by atoms with Crippen LogP contribution in [0, 0.1) is 5.41 Å². The van der Waals surface area contributed by atoms with Crippen molar-refractivity contribution in [3.05, 3.63) is 75.8 Å². The SMILES string of the molecule is COc1nccc(/C=C\c2cnc(N3CCC4(CC3)Cc3ccccc3[C@H]4N)c(CO)n2)c1Cl. The minimum absolute atomic E-state index is 0.0698. The molecule has 0 radical (unpaired) electrons. The molecule has 0 amide bonds. The molecule has 1 aliphatic heterocycles. The lowest BCUT2D eigenvalue weighted by molar-refractivity contribution is 0.186. The Labute approximate surface area is 204 Å². The smallest absolute Gasteiger partial charge is 0.232 e. The number of pyridine rings is 1. The van der Waals surface area contributed by atoms with E-state index < -0.39 is 0 Å². The van der Waals surface area contributed by atoms with Crippen molar-refractivity contribution in [3.63, 3.8) is 0 Å². The fourth-order valence-corrected chi connectivity index (χ4v) is 5.49. The van der Waals surface area contributed by atoms with Crippen molar-refractivity contribution in [3.8, 4) is 5.88 Å². The maximum Gasteiger partial charge on any atom is 0.232 e. The second-order valence-corrected chi connectivity index (χ2v) is 9.36. The van der Waals surface area contributed by atoms with Crippen LogP contribution in [0.1, 0.15) is 47.0 Å². The molecule has 0 saturated carbocycles. The van der Waals surface area contributed by atoms with Crippen LogP contribution in [0.25, 0.3) is 12.2 Å². The van der Waals surface area contributed by atoms with Gasteiger partial charge in [0, 0.05) is 30.9 Å². The third kappa shape index (κ3) is 4.04. The van der Waals surface area contributed by atoms with Crippen molar-refractivity contribution in [1.82, 2.24) is 15.0 Å². The van der Waals surface area contributed by atoms with Crippen LogP contribution >= 0.6 is 11.6 Å². The highest BCUT2D eigenvalue weighted by Crippen LogP contribution is 2.51. The number of benzene rings is 1. The summed E-state index contributed by atoms with van der Waals surface area (Å²) in [6, 6.07) is 10.4. The molecule has 0 bridgehead atoms. The van der Waals surface area contributed by atoms with E-state index >= 15 is 0 Å². The lowest BCUT2D eigenvalue weighted by atomic mass is 9.73. The Balaban J connectivity index is 1.31. The number of hydrogen-bond donors (Lipinski definition) is 2. The van der Waals surface area contributed by atoms with Crippen molar-refractivity contribution < 1.29 is 9.84 Å². The molecule has 1 atom stereocenters. The Morgan fingerprint density at radius 3 is 2.74 bits per heavy atom. The highest BCUT2D eigenvalue weighted by atomic mass is 35.5. The van der Waals surface area contributed by atoms with E-state index in [0.29, 0.717) is 22.3 Å². The van der Waals surface area contributed by atoms with Crippen molar-refractivity contribution in [2.45, 2.75) is 31.9 Å². The molecule has 5 rings (SSSR count). The Kier molecular flexibility index (Phi) is 6.25. The third-order valence-electron chi connectivity index (χ3n) is 7.16. The van der Waals surface area contributed by atoms with Gasteiger partial charge in [-0.2, -0.15) is 0 Å². The third-order valence-corrected chi connectivity index (χ3v) is 7.54. The molecule has 1 aliphatic carbocycles. The topological polar surface area (TPSA) is 97.4 Å². The average molecular weight is 478 g/mol. The maximum absolute atomic E-state index is 10.0. The zero-order valence-electron chi connectivity index (χ0n) is 19.1. The maximum atomic E-state index is 10.0. The fraction of sp³-hybridized carbons (Fsp3) is 0.346. The van der Waals surface area contributed by atoms with Gasteiger partial charge < -0.3 is 20.5 Å². The minimum Gasteiger partial charge on any atom is -0.480 e. The number of anilines is 1. The number of aromatic nitrogens is 3. The molecule has 3 N–H and O–H groups in total. The van der Waals surface area contributed by atoms with Gasteiger partial charge in [0.25, 0.3) is 0 Å². The van der Waals surface area contributed by atoms with Gasteiger partial charge in [0.15, 0.2) is 5.82 Å². The number of halogens is 1. The number of fused-ring (bicyclic) bond motifs is 1. The number of nitrogens with zero attached hydrogens (tertiary/aromatic N) is 4. The second-order valence-electron chi connectivity index (χ2n) is 8.98. The second kappa shape index (κ2) is 9.33. The summed E-state index contributed by atoms with van der Waals surface area (Å²) in [6.07, 6.45) is 10.0. The van der Waals surface area contributed by atoms with Gasteiger partial charge in [0.05, 0.1) is 25.6 Å². The number of ether oxygens (including phenoxy) is 1. The Morgan fingerprint density at radius 1 is 1.21 bits per heavy atom. The van der Waals surface area contributed by atoms with E-state index in [0.717, 1.165) is 43.7 Å². The summed E-state index contributed by atoms with van der Waals surface area (Å²) in [7, 11) is 1.53. The summed E-state index contributed by atoms with van der Waals surface area (Å²) in [6.45, 7) is 1.50. The average Bonchev–Trinajstić information content (AvgIpc) is 3.15. The van der Waals surface area contributed by atoms with Crippen LogP contribution in [-0.2, 0) is 13.0 Å². The van der Waals surface area contributed by atoms with E-state index in [4.69, 9.17) is 22.1 Å². The van der Waals surface area contributed by atoms with Gasteiger partial charge in [-0.1, -0.05) is 41.9 Å². The summed E-state index contributed by atoms with van der Waals surface area (Å²) in [4.78, 5) is 15.6. The van der Waals surface area contributed by atoms with Crippen LogP contribution in [0.2, 0.25) is 5.02 Å². The van der Waals surface area contributed by atoms with Crippen LogP contribution in [0.4, 0.5) is 5.82 Å². The van der Waals surface area contributed by atoms with Crippen LogP contribution in [0.5, 0.6) is 5.88 Å². The molecule has 8 heteroatoms. The van der Waals surface area contributed by atoms with Gasteiger partial charge in [0.1, 0.15) is 10.7 Å². The molecular formula is C26H28ClN5O2. The number of aliphatic hydroxyl groups excluding tert-OH is 1. The molecule has 2 aliphatic rings. The van der Waals surface area contributed by atoms with E-state index in [1.165, 1.54) is 18.2 Å². The van der Waals surface area contributed by atoms with Crippen LogP contribution < -0.4 is 15.4 Å². The molecule has 3 heterocycles. The van der Waals surface area contributed by atoms with Crippen LogP contribution in [0.15, 0.2) is 42.7 Å². The normalized spacial score (nSPS) is 19.1. The molecular weight excluding hydrogens is 450 g/mol. The van der Waals surface area contributed by atoms with E-state index in [1.54, 1.807) is 18.5 Å². The summed E-state index contributed by atoms with van der Waals surface area (Å²) in [5.41, 5.74) is 11.4. The van der Waals surface area contributed by atoms with E-state index in [9.17, 15) is 5.11 Å². The first kappa shape index (κ1) is 22.8. The largest absolute Gasteiger partial charge is 0.480 e. The highest BCUT2D eigenvalue weighted by molar-refractivity contribution is 6.33. The number of aliphatic hydroxyl groups is 1. The molecule has 3 aromatic rings. The number of nitrogens with two attached hydrogens (primary N) is 1. The molecule has 2 aromatic heterocycles. The highest BCUT2D eigenvalue weighted by Gasteiger charge is 2.46. The van der Waals surface area contributed by atoms with Gasteiger partial charge in [-0.25, -0.2) is 15.0 Å². The van der Waals surface area contributed by atoms with Crippen molar-refractivity contribution in [2.24, 2.45) is 11.1 Å². The minimum atomic E-state index is -0.180. The number of hydrogen-bond acceptors (Lipinski definition) is 7. The molecule has 1 aromatic carbocycles. The summed E-state index contributed by atoms with van der Waals surface area (Å²) in [5.74, 6) is 1.11. The lowest BCUT2D eigenvalue weighted by Crippen LogP contribution is -2.45. The van der Waals surface area contributed by atoms with Crippen molar-refractivity contribution in [1.29, 1.82) is 0 Å². The first-order valence-corrected chi connectivity index (χ1v) is 11.8. The number of rotatable bonds is 5. The predicted molar refractivity (Wildman–Crippen MR) is 134 cm³/mol. The molecule has 1 spiro atoms. The standard InChI is InChI=1S/C26H28ClN5O2/c1-34-25-22(27)17(8-11-29-25)6-7-19-15-30-24(21(16-33)31-19)32-12-9-26(10-13-32)14-18-4-2-3-5-20(18)23(26)28/h2-8,11,15,23,33H,9-10,12-14,16,28H2,1H3/b7-6-/t23-/m1/s1. The van der Waals surface area contributed by atoms with Crippen LogP contribution in [0.3, 0.4) is 0 Å². The van der Waals surface area contributed by atoms with Gasteiger partial charge in [0.2, 0.25) is 5.88 Å². The Hall–Kier alpha value is -3.00. The lowest BCUT2D eigenvalue weighted by Gasteiger charge is -2.42. The quantitative estimate of drug-likeness (QED) is 0.572. The van der Waals surface area contributed by atoms with Gasteiger partial charge in [-0.05, 0) is 47.9 Å². The van der Waals surface area contributed by atoms with Crippen molar-refractivity contribution in [2.75, 3.05) is 25.1 Å². The summed E-state index contributed by atoms with van der Waals surface area (Å²) < 4.78 is 5.17. The molecule has 34 heavy (non-hydrogen) atoms. The molecule has 7 nitrogen and oxygen atoms in total. The van der Waals surface area contributed by atoms with Crippen LogP contribution in [-0.4, -0.2) is 40.3 Å². The van der Waals surface area contributed by atoms with Gasteiger partial charge in [-0.15, -0.1) is 0 Å².